The summed E-state index contributed by atoms with van der Waals surface area (Å²) in [6.07, 6.45) is 8.58. The monoisotopic (exact) mass is 642 g/mol. The van der Waals surface area contributed by atoms with Gasteiger partial charge in [0.15, 0.2) is 0 Å². The molecule has 4 heteroatoms. The van der Waals surface area contributed by atoms with Crippen LogP contribution < -0.4 is 21.4 Å². The molecule has 4 aromatic carbocycles. The molecule has 9 rings (SSSR count). The van der Waals surface area contributed by atoms with Gasteiger partial charge in [0.2, 0.25) is 0 Å². The van der Waals surface area contributed by atoms with E-state index in [-0.39, 0.29) is 0 Å². The van der Waals surface area contributed by atoms with Crippen LogP contribution >= 0.6 is 0 Å². The van der Waals surface area contributed by atoms with Gasteiger partial charge in [0, 0.05) is 55.7 Å². The van der Waals surface area contributed by atoms with Crippen LogP contribution in [0.3, 0.4) is 0 Å². The summed E-state index contributed by atoms with van der Waals surface area (Å²) in [5, 5.41) is 4.16. The zero-order chi connectivity index (χ0) is 33.4. The van der Waals surface area contributed by atoms with Crippen molar-refractivity contribution in [3.05, 3.63) is 214 Å². The number of H-pyrrole nitrogens is 3. The van der Waals surface area contributed by atoms with E-state index < -0.39 is 0 Å². The molecule has 5 heterocycles. The summed E-state index contributed by atoms with van der Waals surface area (Å²) >= 11 is 0. The Kier molecular flexibility index (Phi) is 7.25. The first-order chi connectivity index (χ1) is 24.7. The number of nitrogens with one attached hydrogen (secondary N) is 3. The highest BCUT2D eigenvalue weighted by Crippen LogP contribution is 2.34. The largest absolute Gasteiger partial charge is 0.355 e. The SMILES string of the molecule is C=Cc1c(-c2ccccc2)c2n(-c3ccccc3)c1=Cc1ccc([nH]1)C=c1ccc([nH]1)=Cc1cc(-c3ccccc3)c([nH]1)C=2c1ccccc1. The molecule has 0 aliphatic carbocycles. The molecule has 4 aromatic heterocycles. The second-order valence-corrected chi connectivity index (χ2v) is 12.6. The van der Waals surface area contributed by atoms with Gasteiger partial charge in [-0.1, -0.05) is 122 Å². The van der Waals surface area contributed by atoms with Crippen LogP contribution in [0.25, 0.3) is 57.8 Å². The van der Waals surface area contributed by atoms with Gasteiger partial charge >= 0.3 is 0 Å². The predicted octanol–water partition coefficient (Wildman–Crippen LogP) is 7.49. The Labute approximate surface area is 290 Å². The van der Waals surface area contributed by atoms with E-state index >= 15 is 0 Å². The number of benzene rings is 4. The zero-order valence-electron chi connectivity index (χ0n) is 27.4. The van der Waals surface area contributed by atoms with Crippen molar-refractivity contribution in [3.63, 3.8) is 0 Å². The molecule has 0 radical (unpaired) electrons. The first-order valence-electron chi connectivity index (χ1n) is 16.9. The molecule has 0 saturated carbocycles. The minimum absolute atomic E-state index is 0.999. The third-order valence-electron chi connectivity index (χ3n) is 9.38. The lowest BCUT2D eigenvalue weighted by Crippen LogP contribution is -2.29. The van der Waals surface area contributed by atoms with Crippen molar-refractivity contribution in [1.82, 2.24) is 19.5 Å². The number of nitrogens with zero attached hydrogens (tertiary/aromatic N) is 1. The molecule has 50 heavy (non-hydrogen) atoms. The smallest absolute Gasteiger partial charge is 0.0646 e. The molecule has 8 bridgehead atoms. The molecular weight excluding hydrogens is 609 g/mol. The Morgan fingerprint density at radius 2 is 1.06 bits per heavy atom. The van der Waals surface area contributed by atoms with Gasteiger partial charge in [0.05, 0.1) is 16.4 Å². The Morgan fingerprint density at radius 1 is 0.500 bits per heavy atom. The molecule has 0 spiro atoms. The van der Waals surface area contributed by atoms with E-state index in [9.17, 15) is 0 Å². The molecule has 8 aromatic rings. The van der Waals surface area contributed by atoms with E-state index in [1.165, 1.54) is 0 Å². The van der Waals surface area contributed by atoms with Gasteiger partial charge in [-0.15, -0.1) is 0 Å². The number of hydrogen-bond donors (Lipinski definition) is 3. The molecule has 3 N–H and O–H groups in total. The first-order valence-corrected chi connectivity index (χ1v) is 16.9. The lowest BCUT2D eigenvalue weighted by molar-refractivity contribution is 0.986. The average Bonchev–Trinajstić information content (AvgIpc) is 3.97. The number of fused-ring (bicyclic) bond motifs is 8. The molecule has 1 aliphatic heterocycles. The molecule has 0 fully saturated rings. The normalized spacial score (nSPS) is 12.1. The van der Waals surface area contributed by atoms with Crippen molar-refractivity contribution in [2.75, 3.05) is 0 Å². The van der Waals surface area contributed by atoms with E-state index in [0.717, 1.165) is 88.8 Å². The number of rotatable bonds is 5. The highest BCUT2D eigenvalue weighted by molar-refractivity contribution is 5.92. The molecule has 1 aliphatic rings. The number of aromatic amines is 3. The molecule has 0 unspecified atom stereocenters. The molecular formula is C46H34N4. The van der Waals surface area contributed by atoms with Crippen molar-refractivity contribution < 1.29 is 0 Å². The number of aromatic nitrogens is 4. The minimum atomic E-state index is 0.999. The predicted molar refractivity (Wildman–Crippen MR) is 206 cm³/mol. The topological polar surface area (TPSA) is 52.3 Å². The van der Waals surface area contributed by atoms with Crippen molar-refractivity contribution in [2.24, 2.45) is 0 Å². The van der Waals surface area contributed by atoms with Crippen LogP contribution in [0.15, 0.2) is 158 Å². The van der Waals surface area contributed by atoms with Crippen LogP contribution in [0.4, 0.5) is 0 Å². The fourth-order valence-electron chi connectivity index (χ4n) is 7.21. The fourth-order valence-corrected chi connectivity index (χ4v) is 7.21. The van der Waals surface area contributed by atoms with Crippen molar-refractivity contribution in [3.8, 4) is 27.9 Å². The summed E-state index contributed by atoms with van der Waals surface area (Å²) < 4.78 is 2.41. The van der Waals surface area contributed by atoms with Crippen molar-refractivity contribution >= 4 is 29.9 Å². The molecule has 0 amide bonds. The maximum absolute atomic E-state index is 4.43. The number of hydrogen-bond acceptors (Lipinski definition) is 0. The summed E-state index contributed by atoms with van der Waals surface area (Å²) in [4.78, 5) is 11.2. The standard InChI is InChI=1S/C46H34N4/c1-2-40-42-30-37-26-25-35(48-37)27-34-23-24-36(47-34)28-38-29-41(31-15-7-3-8-16-31)45(49-38)44(33-19-11-5-12-20-33)46(43(40)32-17-9-4-10-18-32)50(42)39-21-13-6-14-22-39/h2-30,47-49H,1H2. The van der Waals surface area contributed by atoms with Crippen LogP contribution in [0.2, 0.25) is 0 Å². The Balaban J connectivity index is 1.59. The summed E-state index contributed by atoms with van der Waals surface area (Å²) in [7, 11) is 0. The van der Waals surface area contributed by atoms with Gasteiger partial charge < -0.3 is 19.5 Å². The van der Waals surface area contributed by atoms with Gasteiger partial charge in [-0.3, -0.25) is 0 Å². The maximum Gasteiger partial charge on any atom is 0.0646 e. The van der Waals surface area contributed by atoms with Gasteiger partial charge in [-0.05, 0) is 77.4 Å². The average molecular weight is 643 g/mol. The highest BCUT2D eigenvalue weighted by Gasteiger charge is 2.24. The quantitative estimate of drug-likeness (QED) is 0.174. The molecule has 4 nitrogen and oxygen atoms in total. The Morgan fingerprint density at radius 3 is 1.70 bits per heavy atom. The van der Waals surface area contributed by atoms with Crippen LogP contribution in [0, 0.1) is 0 Å². The van der Waals surface area contributed by atoms with E-state index in [4.69, 9.17) is 0 Å². The van der Waals surface area contributed by atoms with E-state index in [1.54, 1.807) is 0 Å². The minimum Gasteiger partial charge on any atom is -0.355 e. The van der Waals surface area contributed by atoms with Crippen molar-refractivity contribution in [1.29, 1.82) is 0 Å². The van der Waals surface area contributed by atoms with E-state index in [0.29, 0.717) is 0 Å². The van der Waals surface area contributed by atoms with Crippen LogP contribution in [0.5, 0.6) is 0 Å². The van der Waals surface area contributed by atoms with Gasteiger partial charge in [-0.2, -0.15) is 0 Å². The van der Waals surface area contributed by atoms with Crippen LogP contribution in [-0.4, -0.2) is 19.5 Å². The lowest BCUT2D eigenvalue weighted by atomic mass is 9.93. The van der Waals surface area contributed by atoms with Gasteiger partial charge in [0.1, 0.15) is 0 Å². The highest BCUT2D eigenvalue weighted by atomic mass is 15.0. The van der Waals surface area contributed by atoms with Gasteiger partial charge in [0.25, 0.3) is 0 Å². The molecule has 238 valence electrons. The van der Waals surface area contributed by atoms with Crippen LogP contribution in [-0.2, 0) is 0 Å². The van der Waals surface area contributed by atoms with Crippen molar-refractivity contribution in [2.45, 2.75) is 0 Å². The zero-order valence-corrected chi connectivity index (χ0v) is 27.4. The summed E-state index contributed by atoms with van der Waals surface area (Å²) in [6, 6.07) is 53.6. The third-order valence-corrected chi connectivity index (χ3v) is 9.38. The first kappa shape index (κ1) is 29.4. The molecule has 0 saturated heterocycles. The number of para-hydroxylation sites is 1. The van der Waals surface area contributed by atoms with Crippen LogP contribution in [0.1, 0.15) is 33.9 Å². The Hall–Kier alpha value is -6.78. The third kappa shape index (κ3) is 5.20. The summed E-state index contributed by atoms with van der Waals surface area (Å²) in [5.74, 6) is 0. The second-order valence-electron chi connectivity index (χ2n) is 12.6. The summed E-state index contributed by atoms with van der Waals surface area (Å²) in [6.45, 7) is 4.43. The Bertz CT molecular complexity index is 2740. The van der Waals surface area contributed by atoms with E-state index in [2.05, 4.69) is 196 Å². The lowest BCUT2D eigenvalue weighted by Gasteiger charge is -2.15. The molecule has 0 atom stereocenters. The van der Waals surface area contributed by atoms with Gasteiger partial charge in [-0.25, -0.2) is 0 Å². The second kappa shape index (κ2) is 12.3. The maximum atomic E-state index is 4.43. The van der Waals surface area contributed by atoms with E-state index in [1.807, 2.05) is 6.08 Å². The fraction of sp³-hybridized carbons (Fsp3) is 0. The summed E-state index contributed by atoms with van der Waals surface area (Å²) in [5.41, 5.74) is 12.9.